The number of furan rings is 1. The predicted molar refractivity (Wildman–Crippen MR) is 118 cm³/mol. The normalized spacial score (nSPS) is 28.4. The van der Waals surface area contributed by atoms with E-state index in [1.165, 1.54) is 11.6 Å². The van der Waals surface area contributed by atoms with E-state index >= 15 is 0 Å². The van der Waals surface area contributed by atoms with Crippen molar-refractivity contribution >= 4 is 6.08 Å². The summed E-state index contributed by atoms with van der Waals surface area (Å²) in [7, 11) is 0. The van der Waals surface area contributed by atoms with Gasteiger partial charge in [-0.05, 0) is 62.4 Å². The van der Waals surface area contributed by atoms with E-state index in [0.717, 1.165) is 51.2 Å². The van der Waals surface area contributed by atoms with Crippen LogP contribution in [0.15, 0.2) is 52.7 Å². The molecule has 5 heteroatoms. The molecule has 4 rings (SSSR count). The molecule has 2 fully saturated rings. The first-order chi connectivity index (χ1) is 14.5. The van der Waals surface area contributed by atoms with E-state index in [1.807, 2.05) is 18.2 Å². The van der Waals surface area contributed by atoms with Gasteiger partial charge in [-0.25, -0.2) is 4.39 Å². The summed E-state index contributed by atoms with van der Waals surface area (Å²) in [6.45, 7) is 6.17. The van der Waals surface area contributed by atoms with Crippen LogP contribution in [0.3, 0.4) is 0 Å². The molecule has 2 aliphatic rings. The van der Waals surface area contributed by atoms with Gasteiger partial charge in [-0.3, -0.25) is 4.90 Å². The van der Waals surface area contributed by atoms with Crippen molar-refractivity contribution < 1.29 is 13.9 Å². The van der Waals surface area contributed by atoms with E-state index in [2.05, 4.69) is 23.2 Å². The summed E-state index contributed by atoms with van der Waals surface area (Å²) in [6.07, 6.45) is 7.50. The lowest BCUT2D eigenvalue weighted by Crippen LogP contribution is -2.55. The molecule has 0 bridgehead atoms. The summed E-state index contributed by atoms with van der Waals surface area (Å²) in [4.78, 5) is 2.48. The second kappa shape index (κ2) is 9.46. The maximum atomic E-state index is 14.5. The number of hydrogen-bond acceptors (Lipinski definition) is 4. The molecule has 0 amide bonds. The van der Waals surface area contributed by atoms with Crippen LogP contribution in [0.1, 0.15) is 43.9 Å². The minimum Gasteiger partial charge on any atom is -0.465 e. The quantitative estimate of drug-likeness (QED) is 0.721. The molecule has 1 aliphatic heterocycles. The van der Waals surface area contributed by atoms with Crippen LogP contribution in [0.2, 0.25) is 0 Å². The number of halogens is 1. The maximum Gasteiger partial charge on any atom is 0.126 e. The molecule has 2 aromatic rings. The maximum absolute atomic E-state index is 14.5. The van der Waals surface area contributed by atoms with Gasteiger partial charge in [0.05, 0.1) is 11.9 Å². The average Bonchev–Trinajstić information content (AvgIpc) is 3.20. The largest absolute Gasteiger partial charge is 0.465 e. The Kier molecular flexibility index (Phi) is 6.71. The highest BCUT2D eigenvalue weighted by Gasteiger charge is 2.43. The zero-order valence-electron chi connectivity index (χ0n) is 17.8. The van der Waals surface area contributed by atoms with E-state index in [0.29, 0.717) is 18.4 Å². The molecule has 1 aromatic carbocycles. The topological polar surface area (TPSA) is 48.6 Å². The van der Waals surface area contributed by atoms with Crippen LogP contribution >= 0.6 is 0 Å². The molecule has 0 spiro atoms. The summed E-state index contributed by atoms with van der Waals surface area (Å²) < 4.78 is 20.1. The third-order valence-corrected chi connectivity index (χ3v) is 6.89. The number of nitrogens with one attached hydrogen (secondary N) is 1. The monoisotopic (exact) mass is 412 g/mol. The molecule has 1 aliphatic carbocycles. The van der Waals surface area contributed by atoms with Crippen molar-refractivity contribution in [3.8, 4) is 0 Å². The van der Waals surface area contributed by atoms with Gasteiger partial charge in [0, 0.05) is 44.6 Å². The number of piperazine rings is 1. The molecule has 1 saturated carbocycles. The van der Waals surface area contributed by atoms with Crippen LogP contribution in [0.5, 0.6) is 0 Å². The highest BCUT2D eigenvalue weighted by molar-refractivity contribution is 5.48. The van der Waals surface area contributed by atoms with Gasteiger partial charge < -0.3 is 14.8 Å². The van der Waals surface area contributed by atoms with Crippen LogP contribution in [0.4, 0.5) is 4.39 Å². The Hall–Kier alpha value is -1.95. The van der Waals surface area contributed by atoms with Crippen molar-refractivity contribution in [1.29, 1.82) is 0 Å². The van der Waals surface area contributed by atoms with E-state index < -0.39 is 5.60 Å². The van der Waals surface area contributed by atoms with Crippen LogP contribution in [-0.2, 0) is 6.42 Å². The molecule has 162 valence electrons. The molecule has 3 atom stereocenters. The van der Waals surface area contributed by atoms with Gasteiger partial charge >= 0.3 is 0 Å². The fraction of sp³-hybridized carbons (Fsp3) is 0.520. The third-order valence-electron chi connectivity index (χ3n) is 6.89. The number of aliphatic hydroxyl groups is 1. The SMILES string of the molecule is CC(C1CCC/C(=C/c2ccco2)CC1(O)Cc1ccccc1F)N1CCNCC1. The first-order valence-electron chi connectivity index (χ1n) is 11.2. The molecular weight excluding hydrogens is 379 g/mol. The Balaban J connectivity index is 1.65. The summed E-state index contributed by atoms with van der Waals surface area (Å²) in [6, 6.07) is 10.9. The Morgan fingerprint density at radius 2 is 2.07 bits per heavy atom. The Labute approximate surface area is 178 Å². The molecule has 0 radical (unpaired) electrons. The molecule has 2 N–H and O–H groups in total. The van der Waals surface area contributed by atoms with Gasteiger partial charge in [0.1, 0.15) is 11.6 Å². The van der Waals surface area contributed by atoms with Gasteiger partial charge in [-0.2, -0.15) is 0 Å². The van der Waals surface area contributed by atoms with E-state index in [1.54, 1.807) is 18.4 Å². The lowest BCUT2D eigenvalue weighted by atomic mass is 9.74. The number of nitrogens with zero attached hydrogens (tertiary/aromatic N) is 1. The minimum absolute atomic E-state index is 0.0812. The second-order valence-electron chi connectivity index (χ2n) is 8.89. The van der Waals surface area contributed by atoms with Crippen molar-refractivity contribution in [3.05, 3.63) is 65.4 Å². The van der Waals surface area contributed by atoms with E-state index in [4.69, 9.17) is 4.42 Å². The molecule has 1 saturated heterocycles. The third kappa shape index (κ3) is 4.85. The molecule has 2 heterocycles. The smallest absolute Gasteiger partial charge is 0.126 e. The lowest BCUT2D eigenvalue weighted by molar-refractivity contribution is -0.0542. The fourth-order valence-electron chi connectivity index (χ4n) is 5.33. The lowest BCUT2D eigenvalue weighted by Gasteiger charge is -2.44. The van der Waals surface area contributed by atoms with Crippen molar-refractivity contribution in [2.24, 2.45) is 5.92 Å². The van der Waals surface area contributed by atoms with E-state index in [9.17, 15) is 9.50 Å². The van der Waals surface area contributed by atoms with Gasteiger partial charge in [-0.15, -0.1) is 0 Å². The zero-order chi connectivity index (χ0) is 21.0. The van der Waals surface area contributed by atoms with Gasteiger partial charge in [-0.1, -0.05) is 23.8 Å². The standard InChI is InChI=1S/C25H33FN2O2/c1-19(28-13-11-27-12-14-28)23-9-4-6-20(16-22-8-5-15-30-22)17-25(23,29)18-21-7-2-3-10-24(21)26/h2-3,5,7-8,10,15-16,19,23,27,29H,4,6,9,11-14,17-18H2,1H3/b20-16-. The second-order valence-corrected chi connectivity index (χ2v) is 8.89. The number of rotatable bonds is 5. The first-order valence-corrected chi connectivity index (χ1v) is 11.2. The average molecular weight is 413 g/mol. The Bertz CT molecular complexity index is 845. The highest BCUT2D eigenvalue weighted by Crippen LogP contribution is 2.41. The molecule has 3 unspecified atom stereocenters. The number of benzene rings is 1. The van der Waals surface area contributed by atoms with E-state index in [-0.39, 0.29) is 17.8 Å². The Morgan fingerprint density at radius 3 is 2.80 bits per heavy atom. The summed E-state index contributed by atoms with van der Waals surface area (Å²) >= 11 is 0. The van der Waals surface area contributed by atoms with Crippen molar-refractivity contribution in [2.45, 2.75) is 50.7 Å². The summed E-state index contributed by atoms with van der Waals surface area (Å²) in [5.41, 5.74) is 0.775. The molecule has 1 aromatic heterocycles. The Morgan fingerprint density at radius 1 is 1.27 bits per heavy atom. The molecule has 30 heavy (non-hydrogen) atoms. The fourth-order valence-corrected chi connectivity index (χ4v) is 5.33. The molecule has 4 nitrogen and oxygen atoms in total. The van der Waals surface area contributed by atoms with Gasteiger partial charge in [0.25, 0.3) is 0 Å². The predicted octanol–water partition coefficient (Wildman–Crippen LogP) is 4.26. The summed E-state index contributed by atoms with van der Waals surface area (Å²) in [5, 5.41) is 15.5. The van der Waals surface area contributed by atoms with Crippen LogP contribution in [-0.4, -0.2) is 47.8 Å². The van der Waals surface area contributed by atoms with Crippen LogP contribution < -0.4 is 5.32 Å². The van der Waals surface area contributed by atoms with Crippen molar-refractivity contribution in [1.82, 2.24) is 10.2 Å². The zero-order valence-corrected chi connectivity index (χ0v) is 17.8. The van der Waals surface area contributed by atoms with Crippen LogP contribution in [0.25, 0.3) is 6.08 Å². The van der Waals surface area contributed by atoms with Crippen molar-refractivity contribution in [2.75, 3.05) is 26.2 Å². The molecular formula is C25H33FN2O2. The van der Waals surface area contributed by atoms with Crippen molar-refractivity contribution in [3.63, 3.8) is 0 Å². The number of hydrogen-bond donors (Lipinski definition) is 2. The summed E-state index contributed by atoms with van der Waals surface area (Å²) in [5.74, 6) is 0.657. The minimum atomic E-state index is -0.999. The van der Waals surface area contributed by atoms with Crippen LogP contribution in [0, 0.1) is 11.7 Å². The highest BCUT2D eigenvalue weighted by atomic mass is 19.1. The van der Waals surface area contributed by atoms with Gasteiger partial charge in [0.15, 0.2) is 0 Å². The first kappa shape index (κ1) is 21.3. The van der Waals surface area contributed by atoms with Gasteiger partial charge in [0.2, 0.25) is 0 Å².